The Hall–Kier alpha value is -2.36. The number of nitrogens with zero attached hydrogens (tertiary/aromatic N) is 1. The third-order valence-corrected chi connectivity index (χ3v) is 2.52. The third-order valence-electron chi connectivity index (χ3n) is 2.52. The minimum absolute atomic E-state index is 0.104. The molecule has 0 bridgehead atoms. The Kier molecular flexibility index (Phi) is 4.50. The van der Waals surface area contributed by atoms with Gasteiger partial charge < -0.3 is 10.1 Å². The Bertz CT molecular complexity index is 524. The lowest BCUT2D eigenvalue weighted by atomic mass is 10.3. The summed E-state index contributed by atoms with van der Waals surface area (Å²) in [6.07, 6.45) is 2.01. The molecule has 0 atom stereocenters. The summed E-state index contributed by atoms with van der Waals surface area (Å²) in [5, 5.41) is 2.73. The second kappa shape index (κ2) is 6.54. The highest BCUT2D eigenvalue weighted by Crippen LogP contribution is 2.09. The lowest BCUT2D eigenvalue weighted by molar-refractivity contribution is -0.116. The highest BCUT2D eigenvalue weighted by molar-refractivity contribution is 5.89. The first-order valence-corrected chi connectivity index (χ1v) is 6.14. The van der Waals surface area contributed by atoms with E-state index in [9.17, 15) is 4.79 Å². The van der Waals surface area contributed by atoms with Crippen molar-refractivity contribution in [2.75, 3.05) is 11.9 Å². The number of amides is 1. The molecule has 0 saturated heterocycles. The molecule has 1 aromatic carbocycles. The fourth-order valence-corrected chi connectivity index (χ4v) is 1.53. The summed E-state index contributed by atoms with van der Waals surface area (Å²) in [5.74, 6) is 1.23. The second-order valence-electron chi connectivity index (χ2n) is 4.18. The molecule has 1 N–H and O–H groups in total. The summed E-state index contributed by atoms with van der Waals surface area (Å²) in [6, 6.07) is 13.1. The first-order chi connectivity index (χ1) is 9.24. The third kappa shape index (κ3) is 4.43. The van der Waals surface area contributed by atoms with Crippen LogP contribution in [0, 0.1) is 6.92 Å². The molecular weight excluding hydrogens is 240 g/mol. The Morgan fingerprint density at radius 3 is 2.68 bits per heavy atom. The van der Waals surface area contributed by atoms with Gasteiger partial charge in [0.1, 0.15) is 11.6 Å². The molecule has 0 aliphatic heterocycles. The molecule has 0 unspecified atom stereocenters. The van der Waals surface area contributed by atoms with Crippen molar-refractivity contribution in [2.45, 2.75) is 13.3 Å². The minimum Gasteiger partial charge on any atom is -0.493 e. The van der Waals surface area contributed by atoms with Crippen LogP contribution in [0.2, 0.25) is 0 Å². The van der Waals surface area contributed by atoms with E-state index in [4.69, 9.17) is 4.74 Å². The fourth-order valence-electron chi connectivity index (χ4n) is 1.53. The maximum atomic E-state index is 11.7. The predicted octanol–water partition coefficient (Wildman–Crippen LogP) is 2.80. The summed E-state index contributed by atoms with van der Waals surface area (Å²) in [4.78, 5) is 15.8. The van der Waals surface area contributed by atoms with Crippen molar-refractivity contribution in [2.24, 2.45) is 0 Å². The normalized spacial score (nSPS) is 9.95. The van der Waals surface area contributed by atoms with Crippen molar-refractivity contribution in [3.05, 3.63) is 54.2 Å². The number of ether oxygens (including phenoxy) is 1. The number of rotatable bonds is 5. The Morgan fingerprint density at radius 1 is 1.21 bits per heavy atom. The van der Waals surface area contributed by atoms with Crippen molar-refractivity contribution in [1.29, 1.82) is 0 Å². The zero-order valence-electron chi connectivity index (χ0n) is 10.8. The number of anilines is 1. The first-order valence-electron chi connectivity index (χ1n) is 6.14. The van der Waals surface area contributed by atoms with Gasteiger partial charge >= 0.3 is 0 Å². The van der Waals surface area contributed by atoms with Crippen LogP contribution in [-0.4, -0.2) is 17.5 Å². The van der Waals surface area contributed by atoms with Crippen molar-refractivity contribution >= 4 is 11.7 Å². The van der Waals surface area contributed by atoms with Crippen molar-refractivity contribution in [3.8, 4) is 5.75 Å². The van der Waals surface area contributed by atoms with Crippen LogP contribution in [0.15, 0.2) is 48.7 Å². The van der Waals surface area contributed by atoms with Crippen LogP contribution in [0.5, 0.6) is 5.75 Å². The molecule has 19 heavy (non-hydrogen) atoms. The average molecular weight is 256 g/mol. The van der Waals surface area contributed by atoms with Gasteiger partial charge in [0.05, 0.1) is 13.0 Å². The zero-order chi connectivity index (χ0) is 13.5. The Labute approximate surface area is 112 Å². The van der Waals surface area contributed by atoms with Crippen LogP contribution in [0.4, 0.5) is 5.82 Å². The maximum absolute atomic E-state index is 11.7. The molecule has 0 spiro atoms. The topological polar surface area (TPSA) is 51.2 Å². The largest absolute Gasteiger partial charge is 0.493 e. The van der Waals surface area contributed by atoms with Gasteiger partial charge in [0.2, 0.25) is 5.91 Å². The molecule has 0 radical (unpaired) electrons. The van der Waals surface area contributed by atoms with Gasteiger partial charge in [-0.3, -0.25) is 4.79 Å². The SMILES string of the molecule is Cc1ccc(NC(=O)CCOc2ccccc2)nc1. The van der Waals surface area contributed by atoms with Gasteiger partial charge in [-0.05, 0) is 30.7 Å². The van der Waals surface area contributed by atoms with Crippen LogP contribution in [-0.2, 0) is 4.79 Å². The van der Waals surface area contributed by atoms with Gasteiger partial charge in [-0.25, -0.2) is 4.98 Å². The van der Waals surface area contributed by atoms with Crippen LogP contribution in [0.3, 0.4) is 0 Å². The number of carbonyl (C=O) groups excluding carboxylic acids is 1. The van der Waals surface area contributed by atoms with Crippen LogP contribution in [0.1, 0.15) is 12.0 Å². The number of benzene rings is 1. The highest BCUT2D eigenvalue weighted by atomic mass is 16.5. The van der Waals surface area contributed by atoms with Gasteiger partial charge in [0.15, 0.2) is 0 Å². The molecule has 98 valence electrons. The molecule has 0 saturated carbocycles. The van der Waals surface area contributed by atoms with Crippen LogP contribution >= 0.6 is 0 Å². The molecule has 2 aromatic rings. The van der Waals surface area contributed by atoms with E-state index in [1.165, 1.54) is 0 Å². The molecule has 0 aliphatic rings. The van der Waals surface area contributed by atoms with E-state index in [0.717, 1.165) is 11.3 Å². The number of pyridine rings is 1. The summed E-state index contributed by atoms with van der Waals surface area (Å²) in [5.41, 5.74) is 1.06. The maximum Gasteiger partial charge on any atom is 0.228 e. The van der Waals surface area contributed by atoms with E-state index in [1.54, 1.807) is 12.3 Å². The van der Waals surface area contributed by atoms with Crippen molar-refractivity contribution < 1.29 is 9.53 Å². The lowest BCUT2D eigenvalue weighted by Gasteiger charge is -2.06. The zero-order valence-corrected chi connectivity index (χ0v) is 10.8. The van der Waals surface area contributed by atoms with E-state index in [0.29, 0.717) is 18.8 Å². The molecule has 0 fully saturated rings. The predicted molar refractivity (Wildman–Crippen MR) is 74.2 cm³/mol. The number of carbonyl (C=O) groups is 1. The van der Waals surface area contributed by atoms with E-state index < -0.39 is 0 Å². The van der Waals surface area contributed by atoms with Gasteiger partial charge in [0, 0.05) is 6.20 Å². The van der Waals surface area contributed by atoms with Gasteiger partial charge in [0.25, 0.3) is 0 Å². The van der Waals surface area contributed by atoms with Crippen LogP contribution < -0.4 is 10.1 Å². The Balaban J connectivity index is 1.74. The summed E-state index contributed by atoms with van der Waals surface area (Å²) >= 11 is 0. The average Bonchev–Trinajstić information content (AvgIpc) is 2.43. The molecule has 1 aromatic heterocycles. The first kappa shape index (κ1) is 13.1. The second-order valence-corrected chi connectivity index (χ2v) is 4.18. The molecule has 2 rings (SSSR count). The van der Waals surface area contributed by atoms with Gasteiger partial charge in [-0.1, -0.05) is 24.3 Å². The van der Waals surface area contributed by atoms with Gasteiger partial charge in [-0.2, -0.15) is 0 Å². The van der Waals surface area contributed by atoms with Crippen LogP contribution in [0.25, 0.3) is 0 Å². The number of nitrogens with one attached hydrogen (secondary N) is 1. The monoisotopic (exact) mass is 256 g/mol. The van der Waals surface area contributed by atoms with Gasteiger partial charge in [-0.15, -0.1) is 0 Å². The number of aromatic nitrogens is 1. The minimum atomic E-state index is -0.104. The van der Waals surface area contributed by atoms with Crippen molar-refractivity contribution in [1.82, 2.24) is 4.98 Å². The number of para-hydroxylation sites is 1. The molecule has 0 aliphatic carbocycles. The number of hydrogen-bond acceptors (Lipinski definition) is 3. The molecule has 1 heterocycles. The smallest absolute Gasteiger partial charge is 0.228 e. The van der Waals surface area contributed by atoms with Crippen molar-refractivity contribution in [3.63, 3.8) is 0 Å². The quantitative estimate of drug-likeness (QED) is 0.895. The molecule has 4 heteroatoms. The molecule has 4 nitrogen and oxygen atoms in total. The highest BCUT2D eigenvalue weighted by Gasteiger charge is 2.03. The van der Waals surface area contributed by atoms with E-state index in [1.807, 2.05) is 43.3 Å². The summed E-state index contributed by atoms with van der Waals surface area (Å²) < 4.78 is 5.45. The number of aryl methyl sites for hydroxylation is 1. The molecule has 1 amide bonds. The summed E-state index contributed by atoms with van der Waals surface area (Å²) in [7, 11) is 0. The standard InChI is InChI=1S/C15H16N2O2/c1-12-7-8-14(16-11-12)17-15(18)9-10-19-13-5-3-2-4-6-13/h2-8,11H,9-10H2,1H3,(H,16,17,18). The fraction of sp³-hybridized carbons (Fsp3) is 0.200. The van der Waals surface area contributed by atoms with E-state index in [2.05, 4.69) is 10.3 Å². The number of hydrogen-bond donors (Lipinski definition) is 1. The van der Waals surface area contributed by atoms with E-state index >= 15 is 0 Å². The molecular formula is C15H16N2O2. The lowest BCUT2D eigenvalue weighted by Crippen LogP contribution is -2.15. The summed E-state index contributed by atoms with van der Waals surface area (Å²) in [6.45, 7) is 2.30. The Morgan fingerprint density at radius 2 is 2.00 bits per heavy atom. The van der Waals surface area contributed by atoms with E-state index in [-0.39, 0.29) is 5.91 Å².